The number of ether oxygens (including phenoxy) is 1. The predicted molar refractivity (Wildman–Crippen MR) is 91.3 cm³/mol. The van der Waals surface area contributed by atoms with E-state index in [9.17, 15) is 24.5 Å². The minimum absolute atomic E-state index is 0.0625. The number of esters is 1. The summed E-state index contributed by atoms with van der Waals surface area (Å²) in [5.74, 6) is -1.82. The molecule has 2 amide bonds. The van der Waals surface area contributed by atoms with Crippen LogP contribution in [0.25, 0.3) is 0 Å². The van der Waals surface area contributed by atoms with Crippen molar-refractivity contribution in [2.24, 2.45) is 0 Å². The van der Waals surface area contributed by atoms with E-state index in [1.54, 1.807) is 0 Å². The first-order valence-corrected chi connectivity index (χ1v) is 7.88. The van der Waals surface area contributed by atoms with Gasteiger partial charge in [0.2, 0.25) is 0 Å². The molecule has 1 aliphatic rings. The smallest absolute Gasteiger partial charge is 0.338 e. The number of benzene rings is 2. The summed E-state index contributed by atoms with van der Waals surface area (Å²) in [5, 5.41) is 10.9. The molecule has 0 N–H and O–H groups in total. The van der Waals surface area contributed by atoms with Crippen molar-refractivity contribution in [3.63, 3.8) is 0 Å². The van der Waals surface area contributed by atoms with E-state index in [0.29, 0.717) is 6.42 Å². The molecule has 0 atom stereocenters. The van der Waals surface area contributed by atoms with Crippen LogP contribution in [0.15, 0.2) is 42.5 Å². The molecule has 0 saturated carbocycles. The lowest BCUT2D eigenvalue weighted by atomic mass is 10.1. The zero-order valence-electron chi connectivity index (χ0n) is 13.8. The van der Waals surface area contributed by atoms with E-state index < -0.39 is 22.7 Å². The highest BCUT2D eigenvalue weighted by molar-refractivity contribution is 6.34. The van der Waals surface area contributed by atoms with Gasteiger partial charge in [0, 0.05) is 12.1 Å². The minimum Gasteiger partial charge on any atom is -0.462 e. The van der Waals surface area contributed by atoms with Gasteiger partial charge in [0.1, 0.15) is 0 Å². The van der Waals surface area contributed by atoms with Crippen molar-refractivity contribution in [3.05, 3.63) is 69.3 Å². The molecule has 0 unspecified atom stereocenters. The fourth-order valence-electron chi connectivity index (χ4n) is 2.63. The largest absolute Gasteiger partial charge is 0.462 e. The standard InChI is InChI=1S/C18H14N2O6/c1-2-8-26-18(23)11-6-7-14-15(9-11)17(22)19(16(14)21)12-4-3-5-13(10-12)20(24)25/h3-7,9-10H,2,8H2,1H3. The molecule has 1 heterocycles. The average molecular weight is 354 g/mol. The van der Waals surface area contributed by atoms with Crippen molar-refractivity contribution in [3.8, 4) is 0 Å². The van der Waals surface area contributed by atoms with Gasteiger partial charge in [-0.05, 0) is 30.7 Å². The van der Waals surface area contributed by atoms with Crippen molar-refractivity contribution in [2.75, 3.05) is 11.5 Å². The van der Waals surface area contributed by atoms with Crippen LogP contribution >= 0.6 is 0 Å². The highest BCUT2D eigenvalue weighted by Crippen LogP contribution is 2.31. The minimum atomic E-state index is -0.643. The van der Waals surface area contributed by atoms with Gasteiger partial charge in [-0.25, -0.2) is 9.69 Å². The second-order valence-electron chi connectivity index (χ2n) is 5.62. The van der Waals surface area contributed by atoms with Gasteiger partial charge >= 0.3 is 5.97 Å². The molecule has 0 spiro atoms. The number of nitro groups is 1. The van der Waals surface area contributed by atoms with Crippen molar-refractivity contribution in [1.29, 1.82) is 0 Å². The molecule has 0 saturated heterocycles. The maximum Gasteiger partial charge on any atom is 0.338 e. The summed E-state index contributed by atoms with van der Waals surface area (Å²) in [7, 11) is 0. The Bertz CT molecular complexity index is 937. The topological polar surface area (TPSA) is 107 Å². The Hall–Kier alpha value is -3.55. The lowest BCUT2D eigenvalue weighted by Gasteiger charge is -2.13. The van der Waals surface area contributed by atoms with Crippen LogP contribution < -0.4 is 4.90 Å². The summed E-state index contributed by atoms with van der Waals surface area (Å²) >= 11 is 0. The Morgan fingerprint density at radius 2 is 1.85 bits per heavy atom. The Kier molecular flexibility index (Phi) is 4.49. The highest BCUT2D eigenvalue weighted by Gasteiger charge is 2.37. The number of carbonyl (C=O) groups excluding carboxylic acids is 3. The van der Waals surface area contributed by atoms with Crippen LogP contribution in [0.5, 0.6) is 0 Å². The summed E-state index contributed by atoms with van der Waals surface area (Å²) in [5.41, 5.74) is 0.226. The lowest BCUT2D eigenvalue weighted by Crippen LogP contribution is -2.29. The molecule has 1 aliphatic heterocycles. The maximum atomic E-state index is 12.7. The first-order chi connectivity index (χ1) is 12.4. The number of rotatable bonds is 5. The second-order valence-corrected chi connectivity index (χ2v) is 5.62. The van der Waals surface area contributed by atoms with Crippen LogP contribution in [-0.4, -0.2) is 29.3 Å². The van der Waals surface area contributed by atoms with E-state index in [2.05, 4.69) is 0 Å². The van der Waals surface area contributed by atoms with Crippen molar-refractivity contribution < 1.29 is 24.0 Å². The summed E-state index contributed by atoms with van der Waals surface area (Å²) in [4.78, 5) is 48.4. The molecular formula is C18H14N2O6. The highest BCUT2D eigenvalue weighted by atomic mass is 16.6. The van der Waals surface area contributed by atoms with E-state index in [1.807, 2.05) is 6.92 Å². The number of non-ortho nitro benzene ring substituents is 1. The predicted octanol–water partition coefficient (Wildman–Crippen LogP) is 2.96. The Morgan fingerprint density at radius 1 is 1.12 bits per heavy atom. The molecule has 0 aliphatic carbocycles. The van der Waals surface area contributed by atoms with Crippen LogP contribution in [-0.2, 0) is 4.74 Å². The van der Waals surface area contributed by atoms with Gasteiger partial charge in [0.25, 0.3) is 17.5 Å². The van der Waals surface area contributed by atoms with Crippen molar-refractivity contribution in [2.45, 2.75) is 13.3 Å². The number of amides is 2. The third kappa shape index (κ3) is 2.92. The van der Waals surface area contributed by atoms with Gasteiger partial charge < -0.3 is 4.74 Å². The fourth-order valence-corrected chi connectivity index (χ4v) is 2.63. The molecule has 0 aromatic heterocycles. The van der Waals surface area contributed by atoms with E-state index >= 15 is 0 Å². The number of fused-ring (bicyclic) bond motifs is 1. The number of carbonyl (C=O) groups is 3. The van der Waals surface area contributed by atoms with E-state index in [0.717, 1.165) is 11.0 Å². The summed E-state index contributed by atoms with van der Waals surface area (Å²) in [6, 6.07) is 9.36. The number of anilines is 1. The summed E-state index contributed by atoms with van der Waals surface area (Å²) < 4.78 is 5.03. The number of nitrogens with zero attached hydrogens (tertiary/aromatic N) is 2. The van der Waals surface area contributed by atoms with Crippen molar-refractivity contribution in [1.82, 2.24) is 0 Å². The van der Waals surface area contributed by atoms with Gasteiger partial charge in [0.15, 0.2) is 0 Å². The number of imide groups is 1. The van der Waals surface area contributed by atoms with Gasteiger partial charge in [-0.3, -0.25) is 19.7 Å². The molecule has 132 valence electrons. The molecule has 8 nitrogen and oxygen atoms in total. The molecule has 0 radical (unpaired) electrons. The van der Waals surface area contributed by atoms with Crippen LogP contribution in [0.1, 0.15) is 44.4 Å². The first kappa shape index (κ1) is 17.3. The van der Waals surface area contributed by atoms with Crippen LogP contribution in [0.4, 0.5) is 11.4 Å². The zero-order chi connectivity index (χ0) is 18.8. The van der Waals surface area contributed by atoms with E-state index in [-0.39, 0.29) is 34.7 Å². The molecule has 0 bridgehead atoms. The maximum absolute atomic E-state index is 12.7. The molecule has 2 aromatic rings. The van der Waals surface area contributed by atoms with Crippen LogP contribution in [0.3, 0.4) is 0 Å². The van der Waals surface area contributed by atoms with Gasteiger partial charge in [-0.1, -0.05) is 13.0 Å². The zero-order valence-corrected chi connectivity index (χ0v) is 13.8. The van der Waals surface area contributed by atoms with Gasteiger partial charge in [-0.15, -0.1) is 0 Å². The molecule has 8 heteroatoms. The van der Waals surface area contributed by atoms with E-state index in [1.165, 1.54) is 36.4 Å². The average Bonchev–Trinajstić information content (AvgIpc) is 2.90. The van der Waals surface area contributed by atoms with Crippen molar-refractivity contribution >= 4 is 29.2 Å². The molecular weight excluding hydrogens is 340 g/mol. The quantitative estimate of drug-likeness (QED) is 0.354. The first-order valence-electron chi connectivity index (χ1n) is 7.88. The Balaban J connectivity index is 1.96. The summed E-state index contributed by atoms with van der Waals surface area (Å²) in [6.45, 7) is 2.11. The molecule has 0 fully saturated rings. The van der Waals surface area contributed by atoms with Crippen LogP contribution in [0, 0.1) is 10.1 Å². The second kappa shape index (κ2) is 6.75. The lowest BCUT2D eigenvalue weighted by molar-refractivity contribution is -0.384. The number of nitro benzene ring substituents is 1. The molecule has 26 heavy (non-hydrogen) atoms. The van der Waals surface area contributed by atoms with Gasteiger partial charge in [0.05, 0.1) is 33.9 Å². The molecule has 2 aromatic carbocycles. The monoisotopic (exact) mass is 354 g/mol. The Labute approximate surface area is 148 Å². The third-order valence-electron chi connectivity index (χ3n) is 3.86. The van der Waals surface area contributed by atoms with Crippen LogP contribution in [0.2, 0.25) is 0 Å². The SMILES string of the molecule is CCCOC(=O)c1ccc2c(c1)C(=O)N(c1cccc([N+](=O)[O-])c1)C2=O. The normalized spacial score (nSPS) is 12.9. The fraction of sp³-hybridized carbons (Fsp3) is 0.167. The Morgan fingerprint density at radius 3 is 2.54 bits per heavy atom. The molecule has 3 rings (SSSR count). The summed E-state index contributed by atoms with van der Waals surface area (Å²) in [6.07, 6.45) is 0.661. The third-order valence-corrected chi connectivity index (χ3v) is 3.86. The number of hydrogen-bond acceptors (Lipinski definition) is 6. The number of hydrogen-bond donors (Lipinski definition) is 0. The van der Waals surface area contributed by atoms with E-state index in [4.69, 9.17) is 4.74 Å². The van der Waals surface area contributed by atoms with Gasteiger partial charge in [-0.2, -0.15) is 0 Å².